The van der Waals surface area contributed by atoms with Crippen LogP contribution in [-0.2, 0) is 9.05 Å². The molecule has 0 spiro atoms. The molecule has 0 aromatic carbocycles. The highest BCUT2D eigenvalue weighted by Crippen LogP contribution is 2.45. The molecule has 0 amide bonds. The molecule has 11 heavy (non-hydrogen) atoms. The van der Waals surface area contributed by atoms with Gasteiger partial charge in [0.15, 0.2) is 0 Å². The van der Waals surface area contributed by atoms with Gasteiger partial charge in [-0.2, -0.15) is 0 Å². The molecule has 1 aliphatic carbocycles. The molecule has 0 heterocycles. The Labute approximate surface area is 72.4 Å². The minimum absolute atomic E-state index is 0.0284. The number of hydrogen-bond acceptors (Lipinski definition) is 2. The van der Waals surface area contributed by atoms with Crippen LogP contribution in [0.4, 0.5) is 0 Å². The minimum Gasteiger partial charge on any atom is -0.212 e. The molecule has 1 saturated carbocycles. The molecule has 1 aliphatic rings. The molecular formula is C7H13ClO2S. The molecule has 2 nitrogen and oxygen atoms in total. The predicted molar refractivity (Wildman–Crippen MR) is 46.2 cm³/mol. The zero-order valence-electron chi connectivity index (χ0n) is 6.64. The lowest BCUT2D eigenvalue weighted by molar-refractivity contribution is 0.159. The van der Waals surface area contributed by atoms with Crippen LogP contribution in [0, 0.1) is 5.41 Å². The van der Waals surface area contributed by atoms with E-state index in [2.05, 4.69) is 0 Å². The van der Waals surface area contributed by atoms with E-state index in [1.54, 1.807) is 0 Å². The summed E-state index contributed by atoms with van der Waals surface area (Å²) in [6, 6.07) is 0. The van der Waals surface area contributed by atoms with E-state index in [1.807, 2.05) is 6.92 Å². The van der Waals surface area contributed by atoms with E-state index in [-0.39, 0.29) is 11.2 Å². The van der Waals surface area contributed by atoms with E-state index in [9.17, 15) is 8.42 Å². The number of hydrogen-bond donors (Lipinski definition) is 0. The highest BCUT2D eigenvalue weighted by Gasteiger charge is 2.38. The lowest BCUT2D eigenvalue weighted by atomic mass is 9.69. The Morgan fingerprint density at radius 3 is 2.09 bits per heavy atom. The van der Waals surface area contributed by atoms with Crippen LogP contribution in [0.15, 0.2) is 0 Å². The minimum atomic E-state index is -3.28. The zero-order valence-corrected chi connectivity index (χ0v) is 8.21. The van der Waals surface area contributed by atoms with Gasteiger partial charge in [0, 0.05) is 10.7 Å². The van der Waals surface area contributed by atoms with Gasteiger partial charge in [0.1, 0.15) is 0 Å². The first-order valence-electron chi connectivity index (χ1n) is 3.90. The van der Waals surface area contributed by atoms with Gasteiger partial charge in [-0.15, -0.1) is 0 Å². The van der Waals surface area contributed by atoms with Crippen molar-refractivity contribution in [2.24, 2.45) is 5.41 Å². The Balaban J connectivity index is 2.59. The molecule has 0 saturated heterocycles. The molecule has 0 aromatic rings. The largest absolute Gasteiger partial charge is 0.233 e. The third kappa shape index (κ3) is 2.34. The Kier molecular flexibility index (Phi) is 2.49. The van der Waals surface area contributed by atoms with E-state index >= 15 is 0 Å². The van der Waals surface area contributed by atoms with Crippen LogP contribution in [0.1, 0.15) is 32.6 Å². The van der Waals surface area contributed by atoms with Crippen LogP contribution < -0.4 is 0 Å². The molecule has 0 unspecified atom stereocenters. The van der Waals surface area contributed by atoms with Crippen molar-refractivity contribution in [3.8, 4) is 0 Å². The highest BCUT2D eigenvalue weighted by molar-refractivity contribution is 8.13. The highest BCUT2D eigenvalue weighted by atomic mass is 35.7. The maximum Gasteiger partial charge on any atom is 0.233 e. The maximum atomic E-state index is 10.8. The first-order valence-corrected chi connectivity index (χ1v) is 6.38. The average Bonchev–Trinajstić information content (AvgIpc) is 1.77. The van der Waals surface area contributed by atoms with Gasteiger partial charge >= 0.3 is 0 Å². The number of rotatable bonds is 3. The third-order valence-corrected chi connectivity index (χ3v) is 3.93. The normalized spacial score (nSPS) is 22.7. The van der Waals surface area contributed by atoms with Gasteiger partial charge in [-0.05, 0) is 24.7 Å². The maximum absolute atomic E-state index is 10.8. The quantitative estimate of drug-likeness (QED) is 0.649. The van der Waals surface area contributed by atoms with E-state index in [4.69, 9.17) is 10.7 Å². The van der Waals surface area contributed by atoms with Gasteiger partial charge < -0.3 is 0 Å². The smallest absolute Gasteiger partial charge is 0.212 e. The summed E-state index contributed by atoms with van der Waals surface area (Å²) in [6.45, 7) is 2.03. The summed E-state index contributed by atoms with van der Waals surface area (Å²) in [4.78, 5) is 0. The van der Waals surface area contributed by atoms with Crippen LogP contribution in [0.25, 0.3) is 0 Å². The molecule has 0 N–H and O–H groups in total. The van der Waals surface area contributed by atoms with Crippen LogP contribution in [0.2, 0.25) is 0 Å². The molecule has 1 fully saturated rings. The van der Waals surface area contributed by atoms with Gasteiger partial charge in [-0.1, -0.05) is 13.3 Å². The molecule has 0 bridgehead atoms. The van der Waals surface area contributed by atoms with Crippen LogP contribution in [0.5, 0.6) is 0 Å². The second kappa shape index (κ2) is 2.94. The van der Waals surface area contributed by atoms with E-state index in [0.29, 0.717) is 0 Å². The standard InChI is InChI=1S/C7H13ClO2S/c1-2-7(4-3-5-7)6-11(8,9)10/h2-6H2,1H3. The van der Waals surface area contributed by atoms with Gasteiger partial charge in [0.05, 0.1) is 5.75 Å². The van der Waals surface area contributed by atoms with Crippen molar-refractivity contribution in [1.29, 1.82) is 0 Å². The van der Waals surface area contributed by atoms with Gasteiger partial charge in [-0.3, -0.25) is 0 Å². The molecule has 0 aromatic heterocycles. The van der Waals surface area contributed by atoms with E-state index in [0.717, 1.165) is 25.7 Å². The monoisotopic (exact) mass is 196 g/mol. The van der Waals surface area contributed by atoms with Crippen molar-refractivity contribution in [1.82, 2.24) is 0 Å². The summed E-state index contributed by atoms with van der Waals surface area (Å²) in [5.74, 6) is 0.165. The first kappa shape index (κ1) is 9.33. The summed E-state index contributed by atoms with van der Waals surface area (Å²) < 4.78 is 21.5. The van der Waals surface area contributed by atoms with Gasteiger partial charge in [0.25, 0.3) is 0 Å². The fraction of sp³-hybridized carbons (Fsp3) is 1.00. The fourth-order valence-corrected chi connectivity index (χ4v) is 3.56. The number of halogens is 1. The lowest BCUT2D eigenvalue weighted by Gasteiger charge is -2.40. The molecule has 0 aliphatic heterocycles. The van der Waals surface area contributed by atoms with Crippen molar-refractivity contribution in [3.63, 3.8) is 0 Å². The average molecular weight is 197 g/mol. The molecule has 66 valence electrons. The summed E-state index contributed by atoms with van der Waals surface area (Å²) in [5.41, 5.74) is 0.0284. The van der Waals surface area contributed by atoms with Crippen molar-refractivity contribution in [3.05, 3.63) is 0 Å². The van der Waals surface area contributed by atoms with Crippen LogP contribution in [-0.4, -0.2) is 14.2 Å². The van der Waals surface area contributed by atoms with Gasteiger partial charge in [0.2, 0.25) is 9.05 Å². The Hall–Kier alpha value is 0.240. The topological polar surface area (TPSA) is 34.1 Å². The van der Waals surface area contributed by atoms with Crippen LogP contribution >= 0.6 is 10.7 Å². The van der Waals surface area contributed by atoms with Crippen molar-refractivity contribution < 1.29 is 8.42 Å². The van der Waals surface area contributed by atoms with Crippen molar-refractivity contribution >= 4 is 19.7 Å². The lowest BCUT2D eigenvalue weighted by Crippen LogP contribution is -2.34. The Morgan fingerprint density at radius 1 is 1.45 bits per heavy atom. The van der Waals surface area contributed by atoms with Crippen LogP contribution in [0.3, 0.4) is 0 Å². The second-order valence-corrected chi connectivity index (χ2v) is 6.17. The first-order chi connectivity index (χ1) is 4.97. The molecule has 0 radical (unpaired) electrons. The Morgan fingerprint density at radius 2 is 2.00 bits per heavy atom. The zero-order chi connectivity index (χ0) is 8.54. The van der Waals surface area contributed by atoms with Crippen molar-refractivity contribution in [2.45, 2.75) is 32.6 Å². The summed E-state index contributed by atoms with van der Waals surface area (Å²) >= 11 is 0. The Bertz CT molecular complexity index is 223. The fourth-order valence-electron chi connectivity index (χ4n) is 1.64. The SMILES string of the molecule is CCC1(CS(=O)(=O)Cl)CCC1. The summed E-state index contributed by atoms with van der Waals surface area (Å²) in [5, 5.41) is 0. The molecule has 1 rings (SSSR count). The summed E-state index contributed by atoms with van der Waals surface area (Å²) in [6.07, 6.45) is 4.13. The molecular weight excluding hydrogens is 184 g/mol. The van der Waals surface area contributed by atoms with Gasteiger partial charge in [-0.25, -0.2) is 8.42 Å². The van der Waals surface area contributed by atoms with E-state index < -0.39 is 9.05 Å². The predicted octanol–water partition coefficient (Wildman–Crippen LogP) is 2.14. The summed E-state index contributed by atoms with van der Waals surface area (Å²) in [7, 11) is 1.90. The third-order valence-electron chi connectivity index (χ3n) is 2.64. The molecule has 4 heteroatoms. The molecule has 0 atom stereocenters. The van der Waals surface area contributed by atoms with E-state index in [1.165, 1.54) is 0 Å². The van der Waals surface area contributed by atoms with Crippen molar-refractivity contribution in [2.75, 3.05) is 5.75 Å². The second-order valence-electron chi connectivity index (χ2n) is 3.39.